The Labute approximate surface area is 335 Å². The van der Waals surface area contributed by atoms with Gasteiger partial charge in [0, 0.05) is 27.8 Å². The van der Waals surface area contributed by atoms with Crippen LogP contribution in [0.15, 0.2) is 188 Å². The summed E-state index contributed by atoms with van der Waals surface area (Å²) in [6, 6.07) is 70.1. The van der Waals surface area contributed by atoms with Crippen LogP contribution in [-0.2, 0) is 10.8 Å². The molecule has 0 fully saturated rings. The lowest BCUT2D eigenvalue weighted by atomic mass is 9.80. The molecule has 0 saturated carbocycles. The predicted octanol–water partition coefficient (Wildman–Crippen LogP) is 15.4. The molecule has 272 valence electrons. The lowest BCUT2D eigenvalue weighted by Crippen LogP contribution is -2.16. The summed E-state index contributed by atoms with van der Waals surface area (Å²) in [5.41, 5.74) is 19.1. The largest absolute Gasteiger partial charge is 0.310 e. The zero-order valence-electron chi connectivity index (χ0n) is 32.8. The minimum absolute atomic E-state index is 0.00797. The molecule has 0 amide bonds. The highest BCUT2D eigenvalue weighted by Gasteiger charge is 2.40. The number of hydrogen-bond acceptors (Lipinski definition) is 1. The van der Waals surface area contributed by atoms with Gasteiger partial charge in [0.2, 0.25) is 0 Å². The standard InChI is InChI=1S/C56H43N/c1-55(2)49-19-11-9-17-46(49)48-34-41(27-32-51(48)55)38-25-30-44(31-26-38)57(43-28-23-37(24-29-43)40-22-21-36-13-5-6-14-39(36)33-40)52-35-42-15-7-8-16-45(42)54-53(52)47-18-10-12-20-50(47)56(54,3)4/h5-35H,1-4H3. The smallest absolute Gasteiger partial charge is 0.0549 e. The molecule has 0 aliphatic heterocycles. The summed E-state index contributed by atoms with van der Waals surface area (Å²) in [4.78, 5) is 2.48. The van der Waals surface area contributed by atoms with Crippen molar-refractivity contribution < 1.29 is 0 Å². The van der Waals surface area contributed by atoms with Crippen molar-refractivity contribution in [3.63, 3.8) is 0 Å². The summed E-state index contributed by atoms with van der Waals surface area (Å²) in [6.07, 6.45) is 0. The zero-order valence-corrected chi connectivity index (χ0v) is 32.8. The average Bonchev–Trinajstić information content (AvgIpc) is 3.64. The molecule has 0 heterocycles. The molecule has 0 atom stereocenters. The lowest BCUT2D eigenvalue weighted by molar-refractivity contribution is 0.660. The van der Waals surface area contributed by atoms with Crippen LogP contribution in [0, 0.1) is 0 Å². The molecule has 0 unspecified atom stereocenters. The van der Waals surface area contributed by atoms with Crippen LogP contribution < -0.4 is 4.90 Å². The maximum absolute atomic E-state index is 2.48. The molecule has 0 bridgehead atoms. The second-order valence-corrected chi connectivity index (χ2v) is 17.0. The molecule has 9 aromatic rings. The fourth-order valence-corrected chi connectivity index (χ4v) is 10.1. The zero-order chi connectivity index (χ0) is 38.5. The van der Waals surface area contributed by atoms with E-state index in [1.54, 1.807) is 0 Å². The summed E-state index contributed by atoms with van der Waals surface area (Å²) < 4.78 is 0. The lowest BCUT2D eigenvalue weighted by Gasteiger charge is -2.30. The summed E-state index contributed by atoms with van der Waals surface area (Å²) >= 11 is 0. The van der Waals surface area contributed by atoms with Gasteiger partial charge in [-0.05, 0) is 125 Å². The van der Waals surface area contributed by atoms with Crippen molar-refractivity contribution in [1.82, 2.24) is 0 Å². The first-order valence-electron chi connectivity index (χ1n) is 20.2. The van der Waals surface area contributed by atoms with E-state index in [0.29, 0.717) is 0 Å². The summed E-state index contributed by atoms with van der Waals surface area (Å²) in [5.74, 6) is 0. The molecular formula is C56H43N. The Hall–Kier alpha value is -6.70. The Morgan fingerprint density at radius 2 is 0.860 bits per heavy atom. The van der Waals surface area contributed by atoms with Gasteiger partial charge in [0.25, 0.3) is 0 Å². The number of fused-ring (bicyclic) bond motifs is 9. The third-order valence-corrected chi connectivity index (χ3v) is 13.0. The molecule has 9 aromatic carbocycles. The SMILES string of the molecule is CC1(C)c2ccccc2-c2cc(-c3ccc(N(c4ccc(-c5ccc6ccccc6c5)cc4)c4cc5ccccc5c5c4-c4ccccc4C5(C)C)cc3)ccc21. The summed E-state index contributed by atoms with van der Waals surface area (Å²) in [7, 11) is 0. The molecule has 1 heteroatoms. The molecule has 0 radical (unpaired) electrons. The Morgan fingerprint density at radius 1 is 0.351 bits per heavy atom. The maximum atomic E-state index is 2.48. The van der Waals surface area contributed by atoms with E-state index in [1.165, 1.54) is 94.0 Å². The van der Waals surface area contributed by atoms with Gasteiger partial charge in [-0.15, -0.1) is 0 Å². The van der Waals surface area contributed by atoms with Gasteiger partial charge in [0.1, 0.15) is 0 Å². The minimum atomic E-state index is -0.155. The van der Waals surface area contributed by atoms with Crippen molar-refractivity contribution in [3.05, 3.63) is 210 Å². The average molecular weight is 730 g/mol. The van der Waals surface area contributed by atoms with Gasteiger partial charge in [0.05, 0.1) is 5.69 Å². The second kappa shape index (κ2) is 12.4. The highest BCUT2D eigenvalue weighted by Crippen LogP contribution is 2.57. The van der Waals surface area contributed by atoms with Crippen LogP contribution >= 0.6 is 0 Å². The number of anilines is 3. The van der Waals surface area contributed by atoms with Crippen molar-refractivity contribution in [3.8, 4) is 44.5 Å². The number of hydrogen-bond donors (Lipinski definition) is 0. The van der Waals surface area contributed by atoms with Crippen LogP contribution in [0.3, 0.4) is 0 Å². The molecule has 0 spiro atoms. The normalized spacial score (nSPS) is 14.2. The van der Waals surface area contributed by atoms with Gasteiger partial charge < -0.3 is 4.90 Å². The molecule has 0 aromatic heterocycles. The fraction of sp³-hybridized carbons (Fsp3) is 0.107. The number of rotatable bonds is 5. The van der Waals surface area contributed by atoms with E-state index in [0.717, 1.165) is 11.4 Å². The molecule has 0 N–H and O–H groups in total. The third-order valence-electron chi connectivity index (χ3n) is 13.0. The fourth-order valence-electron chi connectivity index (χ4n) is 10.1. The molecule has 0 saturated heterocycles. The van der Waals surface area contributed by atoms with Gasteiger partial charge in [-0.3, -0.25) is 0 Å². The monoisotopic (exact) mass is 729 g/mol. The Balaban J connectivity index is 1.08. The van der Waals surface area contributed by atoms with Gasteiger partial charge in [-0.25, -0.2) is 0 Å². The molecule has 2 aliphatic rings. The van der Waals surface area contributed by atoms with Gasteiger partial charge in [-0.1, -0.05) is 173 Å². The van der Waals surface area contributed by atoms with Crippen LogP contribution in [0.2, 0.25) is 0 Å². The third kappa shape index (κ3) is 5.08. The van der Waals surface area contributed by atoms with Crippen LogP contribution in [-0.4, -0.2) is 0 Å². The van der Waals surface area contributed by atoms with Crippen molar-refractivity contribution in [2.75, 3.05) is 4.90 Å². The van der Waals surface area contributed by atoms with E-state index in [-0.39, 0.29) is 10.8 Å². The first kappa shape index (κ1) is 33.6. The summed E-state index contributed by atoms with van der Waals surface area (Å²) in [5, 5.41) is 5.09. The predicted molar refractivity (Wildman–Crippen MR) is 242 cm³/mol. The Morgan fingerprint density at radius 3 is 1.56 bits per heavy atom. The van der Waals surface area contributed by atoms with E-state index in [9.17, 15) is 0 Å². The highest BCUT2D eigenvalue weighted by molar-refractivity contribution is 6.06. The number of benzene rings is 9. The maximum Gasteiger partial charge on any atom is 0.0549 e. The van der Waals surface area contributed by atoms with E-state index in [1.807, 2.05) is 0 Å². The quantitative estimate of drug-likeness (QED) is 0.170. The van der Waals surface area contributed by atoms with E-state index < -0.39 is 0 Å². The molecule has 1 nitrogen and oxygen atoms in total. The molecular weight excluding hydrogens is 687 g/mol. The topological polar surface area (TPSA) is 3.24 Å². The number of nitrogens with zero attached hydrogens (tertiary/aromatic N) is 1. The van der Waals surface area contributed by atoms with Gasteiger partial charge in [0.15, 0.2) is 0 Å². The van der Waals surface area contributed by atoms with Crippen LogP contribution in [0.25, 0.3) is 66.1 Å². The first-order chi connectivity index (χ1) is 27.8. The van der Waals surface area contributed by atoms with Gasteiger partial charge in [-0.2, -0.15) is 0 Å². The Bertz CT molecular complexity index is 3050. The Kier molecular flexibility index (Phi) is 7.32. The van der Waals surface area contributed by atoms with Crippen molar-refractivity contribution in [2.24, 2.45) is 0 Å². The minimum Gasteiger partial charge on any atom is -0.310 e. The molecule has 11 rings (SSSR count). The highest BCUT2D eigenvalue weighted by atomic mass is 15.1. The van der Waals surface area contributed by atoms with Crippen molar-refractivity contribution >= 4 is 38.6 Å². The van der Waals surface area contributed by atoms with E-state index in [4.69, 9.17) is 0 Å². The summed E-state index contributed by atoms with van der Waals surface area (Å²) in [6.45, 7) is 9.47. The van der Waals surface area contributed by atoms with E-state index in [2.05, 4.69) is 221 Å². The molecule has 57 heavy (non-hydrogen) atoms. The molecule has 2 aliphatic carbocycles. The van der Waals surface area contributed by atoms with Crippen molar-refractivity contribution in [1.29, 1.82) is 0 Å². The van der Waals surface area contributed by atoms with Gasteiger partial charge >= 0.3 is 0 Å². The van der Waals surface area contributed by atoms with Crippen LogP contribution in [0.4, 0.5) is 17.1 Å². The first-order valence-corrected chi connectivity index (χ1v) is 20.2. The van der Waals surface area contributed by atoms with Crippen molar-refractivity contribution in [2.45, 2.75) is 38.5 Å². The van der Waals surface area contributed by atoms with Crippen LogP contribution in [0.5, 0.6) is 0 Å². The second-order valence-electron chi connectivity index (χ2n) is 17.0. The van der Waals surface area contributed by atoms with E-state index >= 15 is 0 Å². The van der Waals surface area contributed by atoms with Crippen LogP contribution in [0.1, 0.15) is 49.9 Å².